The van der Waals surface area contributed by atoms with Gasteiger partial charge in [-0.15, -0.1) is 5.10 Å². The van der Waals surface area contributed by atoms with Gasteiger partial charge in [0.2, 0.25) is 0 Å². The summed E-state index contributed by atoms with van der Waals surface area (Å²) in [5.74, 6) is 1.49. The second-order valence-electron chi connectivity index (χ2n) is 3.84. The highest BCUT2D eigenvalue weighted by Crippen LogP contribution is 1.93. The Kier molecular flexibility index (Phi) is 5.20. The van der Waals surface area contributed by atoms with Crippen LogP contribution in [-0.2, 0) is 17.8 Å². The van der Waals surface area contributed by atoms with Gasteiger partial charge >= 0.3 is 0 Å². The molecule has 0 saturated heterocycles. The Hall–Kier alpha value is -1.01. The van der Waals surface area contributed by atoms with Gasteiger partial charge < -0.3 is 10.1 Å². The lowest BCUT2D eigenvalue weighted by molar-refractivity contribution is 0.181. The standard InChI is InChI=1S/C9H19N5O/c1-8(2)6-10-7-9-11-12-13-14(9)4-5-15-3/h8,10H,4-7H2,1-3H3. The maximum absolute atomic E-state index is 4.98. The predicted molar refractivity (Wildman–Crippen MR) is 56.2 cm³/mol. The fourth-order valence-electron chi connectivity index (χ4n) is 1.17. The van der Waals surface area contributed by atoms with Crippen LogP contribution < -0.4 is 5.32 Å². The number of hydrogen-bond donors (Lipinski definition) is 1. The van der Waals surface area contributed by atoms with Crippen LogP contribution in [-0.4, -0.2) is 40.5 Å². The molecule has 0 unspecified atom stereocenters. The Morgan fingerprint density at radius 2 is 2.27 bits per heavy atom. The molecular weight excluding hydrogens is 194 g/mol. The van der Waals surface area contributed by atoms with Gasteiger partial charge in [0.25, 0.3) is 0 Å². The number of rotatable bonds is 7. The fourth-order valence-corrected chi connectivity index (χ4v) is 1.17. The molecule has 0 aromatic carbocycles. The molecule has 0 amide bonds. The molecule has 0 saturated carbocycles. The van der Waals surface area contributed by atoms with Gasteiger partial charge in [-0.2, -0.15) is 0 Å². The molecule has 0 aliphatic carbocycles. The molecule has 1 heterocycles. The Morgan fingerprint density at radius 1 is 1.47 bits per heavy atom. The third-order valence-corrected chi connectivity index (χ3v) is 1.95. The van der Waals surface area contributed by atoms with Crippen molar-refractivity contribution in [3.05, 3.63) is 5.82 Å². The minimum Gasteiger partial charge on any atom is -0.383 e. The first-order valence-corrected chi connectivity index (χ1v) is 5.18. The average Bonchev–Trinajstić information content (AvgIpc) is 2.62. The van der Waals surface area contributed by atoms with Crippen LogP contribution in [0.4, 0.5) is 0 Å². The number of nitrogens with zero attached hydrogens (tertiary/aromatic N) is 4. The first kappa shape index (κ1) is 12.1. The second-order valence-corrected chi connectivity index (χ2v) is 3.84. The van der Waals surface area contributed by atoms with Gasteiger partial charge in [0.05, 0.1) is 19.7 Å². The topological polar surface area (TPSA) is 64.9 Å². The maximum atomic E-state index is 4.98. The molecule has 0 radical (unpaired) electrons. The summed E-state index contributed by atoms with van der Waals surface area (Å²) in [6, 6.07) is 0. The van der Waals surface area contributed by atoms with Crippen LogP contribution >= 0.6 is 0 Å². The van der Waals surface area contributed by atoms with Crippen molar-refractivity contribution in [2.45, 2.75) is 26.9 Å². The van der Waals surface area contributed by atoms with Gasteiger partial charge in [-0.25, -0.2) is 4.68 Å². The van der Waals surface area contributed by atoms with E-state index >= 15 is 0 Å². The molecule has 0 bridgehead atoms. The maximum Gasteiger partial charge on any atom is 0.165 e. The Balaban J connectivity index is 2.35. The largest absolute Gasteiger partial charge is 0.383 e. The van der Waals surface area contributed by atoms with E-state index in [1.54, 1.807) is 11.8 Å². The number of tetrazole rings is 1. The number of nitrogens with one attached hydrogen (secondary N) is 1. The Morgan fingerprint density at radius 3 is 2.93 bits per heavy atom. The summed E-state index contributed by atoms with van der Waals surface area (Å²) in [6.07, 6.45) is 0. The predicted octanol–water partition coefficient (Wildman–Crippen LogP) is 0.0651. The van der Waals surface area contributed by atoms with E-state index < -0.39 is 0 Å². The number of ether oxygens (including phenoxy) is 1. The highest BCUT2D eigenvalue weighted by molar-refractivity contribution is 4.79. The van der Waals surface area contributed by atoms with Crippen LogP contribution in [0.25, 0.3) is 0 Å². The summed E-state index contributed by atoms with van der Waals surface area (Å²) in [5.41, 5.74) is 0. The summed E-state index contributed by atoms with van der Waals surface area (Å²) in [6.45, 7) is 7.33. The van der Waals surface area contributed by atoms with E-state index in [1.807, 2.05) is 0 Å². The molecule has 1 N–H and O–H groups in total. The molecule has 1 aromatic rings. The summed E-state index contributed by atoms with van der Waals surface area (Å²) in [5, 5.41) is 14.8. The van der Waals surface area contributed by atoms with E-state index in [4.69, 9.17) is 4.74 Å². The van der Waals surface area contributed by atoms with Crippen molar-refractivity contribution in [1.29, 1.82) is 0 Å². The highest BCUT2D eigenvalue weighted by atomic mass is 16.5. The van der Waals surface area contributed by atoms with E-state index in [2.05, 4.69) is 34.7 Å². The quantitative estimate of drug-likeness (QED) is 0.694. The van der Waals surface area contributed by atoms with Crippen molar-refractivity contribution in [2.24, 2.45) is 5.92 Å². The van der Waals surface area contributed by atoms with Crippen molar-refractivity contribution in [2.75, 3.05) is 20.3 Å². The lowest BCUT2D eigenvalue weighted by atomic mass is 10.2. The summed E-state index contributed by atoms with van der Waals surface area (Å²) < 4.78 is 6.74. The smallest absolute Gasteiger partial charge is 0.165 e. The van der Waals surface area contributed by atoms with Crippen LogP contribution in [0.2, 0.25) is 0 Å². The molecule has 1 aromatic heterocycles. The normalized spacial score (nSPS) is 11.2. The van der Waals surface area contributed by atoms with Crippen molar-refractivity contribution in [3.63, 3.8) is 0 Å². The SMILES string of the molecule is COCCn1nnnc1CNCC(C)C. The van der Waals surface area contributed by atoms with Crippen LogP contribution in [0.5, 0.6) is 0 Å². The van der Waals surface area contributed by atoms with Crippen molar-refractivity contribution in [1.82, 2.24) is 25.5 Å². The lowest BCUT2D eigenvalue weighted by Gasteiger charge is -2.07. The minimum atomic E-state index is 0.627. The average molecular weight is 213 g/mol. The first-order valence-electron chi connectivity index (χ1n) is 5.18. The van der Waals surface area contributed by atoms with E-state index in [9.17, 15) is 0 Å². The number of aromatic nitrogens is 4. The highest BCUT2D eigenvalue weighted by Gasteiger charge is 2.04. The third-order valence-electron chi connectivity index (χ3n) is 1.95. The van der Waals surface area contributed by atoms with Gasteiger partial charge in [0.1, 0.15) is 0 Å². The molecular formula is C9H19N5O. The van der Waals surface area contributed by atoms with E-state index in [0.717, 1.165) is 12.4 Å². The van der Waals surface area contributed by atoms with Gasteiger partial charge in [-0.3, -0.25) is 0 Å². The van der Waals surface area contributed by atoms with Gasteiger partial charge in [0.15, 0.2) is 5.82 Å². The van der Waals surface area contributed by atoms with Crippen LogP contribution in [0.3, 0.4) is 0 Å². The Labute approximate surface area is 90.0 Å². The molecule has 86 valence electrons. The van der Waals surface area contributed by atoms with Crippen molar-refractivity contribution in [3.8, 4) is 0 Å². The van der Waals surface area contributed by atoms with E-state index in [-0.39, 0.29) is 0 Å². The molecule has 15 heavy (non-hydrogen) atoms. The Bertz CT molecular complexity index is 273. The minimum absolute atomic E-state index is 0.627. The van der Waals surface area contributed by atoms with Gasteiger partial charge in [-0.1, -0.05) is 13.8 Å². The van der Waals surface area contributed by atoms with Crippen LogP contribution in [0.15, 0.2) is 0 Å². The molecule has 0 aliphatic rings. The molecule has 0 spiro atoms. The van der Waals surface area contributed by atoms with Crippen LogP contribution in [0, 0.1) is 5.92 Å². The van der Waals surface area contributed by atoms with E-state index in [1.165, 1.54) is 0 Å². The first-order chi connectivity index (χ1) is 7.24. The zero-order chi connectivity index (χ0) is 11.1. The number of hydrogen-bond acceptors (Lipinski definition) is 5. The zero-order valence-electron chi connectivity index (χ0n) is 9.60. The lowest BCUT2D eigenvalue weighted by Crippen LogP contribution is -2.22. The fraction of sp³-hybridized carbons (Fsp3) is 0.889. The molecule has 0 aliphatic heterocycles. The second kappa shape index (κ2) is 6.47. The number of methoxy groups -OCH3 is 1. The van der Waals surface area contributed by atoms with Crippen molar-refractivity contribution >= 4 is 0 Å². The molecule has 6 heteroatoms. The third kappa shape index (κ3) is 4.35. The summed E-state index contributed by atoms with van der Waals surface area (Å²) >= 11 is 0. The molecule has 0 atom stereocenters. The zero-order valence-corrected chi connectivity index (χ0v) is 9.60. The van der Waals surface area contributed by atoms with Gasteiger partial charge in [0, 0.05) is 7.11 Å². The summed E-state index contributed by atoms with van der Waals surface area (Å²) in [7, 11) is 1.67. The van der Waals surface area contributed by atoms with E-state index in [0.29, 0.717) is 25.6 Å². The summed E-state index contributed by atoms with van der Waals surface area (Å²) in [4.78, 5) is 0. The van der Waals surface area contributed by atoms with Crippen molar-refractivity contribution < 1.29 is 4.74 Å². The molecule has 6 nitrogen and oxygen atoms in total. The van der Waals surface area contributed by atoms with Crippen LogP contribution in [0.1, 0.15) is 19.7 Å². The molecule has 0 fully saturated rings. The monoisotopic (exact) mass is 213 g/mol. The molecule has 1 rings (SSSR count). The van der Waals surface area contributed by atoms with Gasteiger partial charge in [-0.05, 0) is 22.9 Å².